The summed E-state index contributed by atoms with van der Waals surface area (Å²) in [6.45, 7) is 6.81. The molecule has 0 N–H and O–H groups in total. The van der Waals surface area contributed by atoms with Gasteiger partial charge in [0.15, 0.2) is 0 Å². The molecular formula is C13H18. The molecule has 2 aliphatic rings. The van der Waals surface area contributed by atoms with Gasteiger partial charge in [-0.05, 0) is 42.9 Å². The van der Waals surface area contributed by atoms with E-state index in [9.17, 15) is 0 Å². The monoisotopic (exact) mass is 174 g/mol. The highest BCUT2D eigenvalue weighted by Gasteiger charge is 2.21. The molecule has 0 saturated heterocycles. The molecule has 0 aromatic carbocycles. The molecule has 0 heteroatoms. The van der Waals surface area contributed by atoms with Crippen molar-refractivity contribution in [2.75, 3.05) is 0 Å². The van der Waals surface area contributed by atoms with E-state index in [1.165, 1.54) is 24.8 Å². The maximum atomic E-state index is 2.45. The second-order valence-corrected chi connectivity index (χ2v) is 4.84. The van der Waals surface area contributed by atoms with E-state index in [4.69, 9.17) is 0 Å². The van der Waals surface area contributed by atoms with E-state index in [-0.39, 0.29) is 5.41 Å². The Kier molecular flexibility index (Phi) is 1.94. The molecule has 1 saturated carbocycles. The number of fused-ring (bicyclic) bond motifs is 1. The summed E-state index contributed by atoms with van der Waals surface area (Å²) in [6.07, 6.45) is 11.0. The lowest BCUT2D eigenvalue weighted by atomic mass is 9.90. The van der Waals surface area contributed by atoms with E-state index in [1.54, 1.807) is 11.1 Å². The van der Waals surface area contributed by atoms with Crippen LogP contribution in [0.25, 0.3) is 0 Å². The van der Waals surface area contributed by atoms with Crippen molar-refractivity contribution in [3.05, 3.63) is 34.9 Å². The Labute approximate surface area is 81.0 Å². The van der Waals surface area contributed by atoms with Gasteiger partial charge in [-0.15, -0.1) is 0 Å². The fourth-order valence-corrected chi connectivity index (χ4v) is 2.31. The van der Waals surface area contributed by atoms with Gasteiger partial charge in [0.25, 0.3) is 0 Å². The molecule has 0 spiro atoms. The van der Waals surface area contributed by atoms with Crippen LogP contribution >= 0.6 is 0 Å². The molecule has 0 radical (unpaired) electrons. The Bertz CT molecular complexity index is 311. The second-order valence-electron chi connectivity index (χ2n) is 4.84. The summed E-state index contributed by atoms with van der Waals surface area (Å²) in [6, 6.07) is 0. The van der Waals surface area contributed by atoms with Crippen LogP contribution in [0.3, 0.4) is 0 Å². The Morgan fingerprint density at radius 1 is 1.23 bits per heavy atom. The van der Waals surface area contributed by atoms with Gasteiger partial charge in [0.05, 0.1) is 0 Å². The number of hydrogen-bond acceptors (Lipinski definition) is 0. The van der Waals surface area contributed by atoms with Gasteiger partial charge in [-0.3, -0.25) is 0 Å². The highest BCUT2D eigenvalue weighted by atomic mass is 14.3. The largest absolute Gasteiger partial charge is 0.0748 e. The minimum atomic E-state index is 0.253. The van der Waals surface area contributed by atoms with E-state index >= 15 is 0 Å². The summed E-state index contributed by atoms with van der Waals surface area (Å²) in [7, 11) is 0. The molecule has 70 valence electrons. The quantitative estimate of drug-likeness (QED) is 0.520. The molecule has 0 bridgehead atoms. The second kappa shape index (κ2) is 2.87. The SMILES string of the molecule is CC1=C2CCCC2=CC(C)(C)C=C1. The maximum absolute atomic E-state index is 2.45. The fraction of sp³-hybridized carbons (Fsp3) is 0.538. The molecule has 2 aliphatic carbocycles. The van der Waals surface area contributed by atoms with E-state index < -0.39 is 0 Å². The highest BCUT2D eigenvalue weighted by Crippen LogP contribution is 2.38. The Morgan fingerprint density at radius 3 is 2.77 bits per heavy atom. The summed E-state index contributed by atoms with van der Waals surface area (Å²) in [4.78, 5) is 0. The van der Waals surface area contributed by atoms with Gasteiger partial charge < -0.3 is 0 Å². The van der Waals surface area contributed by atoms with Crippen molar-refractivity contribution < 1.29 is 0 Å². The molecule has 0 amide bonds. The van der Waals surface area contributed by atoms with Crippen LogP contribution in [0.2, 0.25) is 0 Å². The number of hydrogen-bond donors (Lipinski definition) is 0. The van der Waals surface area contributed by atoms with Crippen LogP contribution < -0.4 is 0 Å². The van der Waals surface area contributed by atoms with Gasteiger partial charge in [0.1, 0.15) is 0 Å². The highest BCUT2D eigenvalue weighted by molar-refractivity contribution is 5.46. The lowest BCUT2D eigenvalue weighted by Gasteiger charge is -2.14. The van der Waals surface area contributed by atoms with Crippen LogP contribution in [-0.2, 0) is 0 Å². The first-order valence-corrected chi connectivity index (χ1v) is 5.20. The van der Waals surface area contributed by atoms with E-state index in [2.05, 4.69) is 39.0 Å². The van der Waals surface area contributed by atoms with Gasteiger partial charge in [0.2, 0.25) is 0 Å². The predicted octanol–water partition coefficient (Wildman–Crippen LogP) is 4.01. The van der Waals surface area contributed by atoms with Crippen molar-refractivity contribution in [3.63, 3.8) is 0 Å². The van der Waals surface area contributed by atoms with Crippen molar-refractivity contribution in [1.82, 2.24) is 0 Å². The topological polar surface area (TPSA) is 0 Å². The zero-order valence-corrected chi connectivity index (χ0v) is 8.85. The maximum Gasteiger partial charge on any atom is 0.00135 e. The molecule has 0 aromatic heterocycles. The van der Waals surface area contributed by atoms with Crippen molar-refractivity contribution >= 4 is 0 Å². The normalized spacial score (nSPS) is 25.6. The third-order valence-electron chi connectivity index (χ3n) is 3.05. The van der Waals surface area contributed by atoms with Gasteiger partial charge in [-0.1, -0.05) is 32.1 Å². The van der Waals surface area contributed by atoms with Gasteiger partial charge in [0, 0.05) is 5.41 Å². The molecular weight excluding hydrogens is 156 g/mol. The first-order chi connectivity index (χ1) is 6.08. The molecule has 2 rings (SSSR count). The third kappa shape index (κ3) is 1.63. The summed E-state index contributed by atoms with van der Waals surface area (Å²) in [5.41, 5.74) is 4.95. The zero-order chi connectivity index (χ0) is 9.47. The average molecular weight is 174 g/mol. The van der Waals surface area contributed by atoms with Crippen molar-refractivity contribution in [2.45, 2.75) is 40.0 Å². The van der Waals surface area contributed by atoms with Crippen LogP contribution in [0.15, 0.2) is 34.9 Å². The average Bonchev–Trinajstić information content (AvgIpc) is 2.44. The summed E-state index contributed by atoms with van der Waals surface area (Å²) < 4.78 is 0. The molecule has 0 aliphatic heterocycles. The Morgan fingerprint density at radius 2 is 2.00 bits per heavy atom. The van der Waals surface area contributed by atoms with Gasteiger partial charge in [-0.25, -0.2) is 0 Å². The van der Waals surface area contributed by atoms with Crippen LogP contribution in [0, 0.1) is 5.41 Å². The van der Waals surface area contributed by atoms with Crippen LogP contribution in [-0.4, -0.2) is 0 Å². The fourth-order valence-electron chi connectivity index (χ4n) is 2.31. The lowest BCUT2D eigenvalue weighted by Crippen LogP contribution is -2.02. The Balaban J connectivity index is 2.49. The molecule has 0 unspecified atom stereocenters. The number of allylic oxidation sites excluding steroid dienone is 6. The summed E-state index contributed by atoms with van der Waals surface area (Å²) in [5.74, 6) is 0. The summed E-state index contributed by atoms with van der Waals surface area (Å²) in [5, 5.41) is 0. The van der Waals surface area contributed by atoms with Crippen molar-refractivity contribution in [1.29, 1.82) is 0 Å². The number of rotatable bonds is 0. The minimum absolute atomic E-state index is 0.253. The standard InChI is InChI=1S/C13H18/c1-10-7-8-13(2,3)9-11-5-4-6-12(10)11/h7-9H,4-6H2,1-3H3. The molecule has 1 fully saturated rings. The van der Waals surface area contributed by atoms with E-state index in [0.717, 1.165) is 0 Å². The molecule has 0 heterocycles. The summed E-state index contributed by atoms with van der Waals surface area (Å²) >= 11 is 0. The van der Waals surface area contributed by atoms with Gasteiger partial charge in [-0.2, -0.15) is 0 Å². The van der Waals surface area contributed by atoms with E-state index in [0.29, 0.717) is 0 Å². The smallest absolute Gasteiger partial charge is 0.00135 e. The third-order valence-corrected chi connectivity index (χ3v) is 3.05. The van der Waals surface area contributed by atoms with Gasteiger partial charge >= 0.3 is 0 Å². The molecule has 0 nitrogen and oxygen atoms in total. The zero-order valence-electron chi connectivity index (χ0n) is 8.85. The molecule has 0 atom stereocenters. The first-order valence-electron chi connectivity index (χ1n) is 5.20. The van der Waals surface area contributed by atoms with Crippen molar-refractivity contribution in [2.24, 2.45) is 5.41 Å². The van der Waals surface area contributed by atoms with Crippen LogP contribution in [0.5, 0.6) is 0 Å². The molecule has 13 heavy (non-hydrogen) atoms. The van der Waals surface area contributed by atoms with Crippen LogP contribution in [0.4, 0.5) is 0 Å². The van der Waals surface area contributed by atoms with E-state index in [1.807, 2.05) is 0 Å². The molecule has 0 aromatic rings. The Hall–Kier alpha value is -0.780. The lowest BCUT2D eigenvalue weighted by molar-refractivity contribution is 0.621. The van der Waals surface area contributed by atoms with Crippen LogP contribution in [0.1, 0.15) is 40.0 Å². The van der Waals surface area contributed by atoms with Crippen molar-refractivity contribution in [3.8, 4) is 0 Å². The first kappa shape index (κ1) is 8.80. The minimum Gasteiger partial charge on any atom is -0.0748 e. The predicted molar refractivity (Wildman–Crippen MR) is 57.6 cm³/mol.